The molecule has 0 saturated heterocycles. The highest BCUT2D eigenvalue weighted by Crippen LogP contribution is 2.37. The Bertz CT molecular complexity index is 1040. The Hall–Kier alpha value is -3.15. The molecule has 1 aromatic carbocycles. The SMILES string of the molecule is CNC(=O)c1ccc(-c2cc(=O)n(C)cc2-c2c[nH]nc2CC2CC2)cc1. The summed E-state index contributed by atoms with van der Waals surface area (Å²) in [5, 5.41) is 10.0. The first kappa shape index (κ1) is 17.3. The summed E-state index contributed by atoms with van der Waals surface area (Å²) in [5.41, 5.74) is 5.30. The Morgan fingerprint density at radius 3 is 2.63 bits per heavy atom. The van der Waals surface area contributed by atoms with Crippen molar-refractivity contribution in [3.8, 4) is 22.3 Å². The van der Waals surface area contributed by atoms with Crippen LogP contribution >= 0.6 is 0 Å². The Kier molecular flexibility index (Phi) is 4.39. The molecule has 2 N–H and O–H groups in total. The molecule has 0 aliphatic heterocycles. The number of aromatic amines is 1. The largest absolute Gasteiger partial charge is 0.355 e. The number of aryl methyl sites for hydroxylation is 1. The number of hydrogen-bond donors (Lipinski definition) is 2. The minimum absolute atomic E-state index is 0.0728. The maximum atomic E-state index is 12.3. The number of aromatic nitrogens is 3. The molecular formula is C21H22N4O2. The van der Waals surface area contributed by atoms with Crippen LogP contribution in [0.25, 0.3) is 22.3 Å². The number of rotatable bonds is 5. The van der Waals surface area contributed by atoms with Crippen molar-refractivity contribution in [3.63, 3.8) is 0 Å². The zero-order valence-electron chi connectivity index (χ0n) is 15.5. The van der Waals surface area contributed by atoms with Crippen molar-refractivity contribution >= 4 is 5.91 Å². The van der Waals surface area contributed by atoms with Gasteiger partial charge in [-0.25, -0.2) is 0 Å². The number of carbonyl (C=O) groups is 1. The number of hydrogen-bond acceptors (Lipinski definition) is 3. The monoisotopic (exact) mass is 362 g/mol. The number of H-pyrrole nitrogens is 1. The minimum atomic E-state index is -0.132. The maximum absolute atomic E-state index is 12.3. The van der Waals surface area contributed by atoms with Crippen LogP contribution in [0.5, 0.6) is 0 Å². The lowest BCUT2D eigenvalue weighted by Gasteiger charge is -2.12. The van der Waals surface area contributed by atoms with E-state index in [1.807, 2.05) is 24.5 Å². The van der Waals surface area contributed by atoms with Gasteiger partial charge in [0.1, 0.15) is 0 Å². The third-order valence-electron chi connectivity index (χ3n) is 5.10. The summed E-state index contributed by atoms with van der Waals surface area (Å²) in [7, 11) is 3.36. The summed E-state index contributed by atoms with van der Waals surface area (Å²) in [6, 6.07) is 8.96. The average Bonchev–Trinajstić information content (AvgIpc) is 3.38. The number of nitrogens with zero attached hydrogens (tertiary/aromatic N) is 2. The summed E-state index contributed by atoms with van der Waals surface area (Å²) in [6.45, 7) is 0. The molecule has 0 radical (unpaired) electrons. The topological polar surface area (TPSA) is 79.8 Å². The van der Waals surface area contributed by atoms with E-state index in [0.29, 0.717) is 5.56 Å². The van der Waals surface area contributed by atoms with Crippen molar-refractivity contribution in [2.75, 3.05) is 7.05 Å². The fraction of sp³-hybridized carbons (Fsp3) is 0.286. The van der Waals surface area contributed by atoms with Gasteiger partial charge in [0.05, 0.1) is 5.69 Å². The van der Waals surface area contributed by atoms with Gasteiger partial charge < -0.3 is 9.88 Å². The summed E-state index contributed by atoms with van der Waals surface area (Å²) >= 11 is 0. The van der Waals surface area contributed by atoms with Crippen molar-refractivity contribution in [1.29, 1.82) is 0 Å². The second kappa shape index (κ2) is 6.87. The van der Waals surface area contributed by atoms with Gasteiger partial charge in [-0.2, -0.15) is 5.10 Å². The molecule has 27 heavy (non-hydrogen) atoms. The van der Waals surface area contributed by atoms with Crippen LogP contribution in [-0.2, 0) is 13.5 Å². The first-order valence-corrected chi connectivity index (χ1v) is 9.13. The third-order valence-corrected chi connectivity index (χ3v) is 5.10. The fourth-order valence-corrected chi connectivity index (χ4v) is 3.33. The number of benzene rings is 1. The van der Waals surface area contributed by atoms with Crippen LogP contribution in [0.1, 0.15) is 28.9 Å². The van der Waals surface area contributed by atoms with Crippen molar-refractivity contribution in [1.82, 2.24) is 20.1 Å². The summed E-state index contributed by atoms with van der Waals surface area (Å²) in [6.07, 6.45) is 7.24. The number of pyridine rings is 1. The Morgan fingerprint density at radius 1 is 1.22 bits per heavy atom. The molecule has 0 atom stereocenters. The predicted molar refractivity (Wildman–Crippen MR) is 105 cm³/mol. The zero-order valence-corrected chi connectivity index (χ0v) is 15.5. The Morgan fingerprint density at radius 2 is 1.96 bits per heavy atom. The molecule has 2 heterocycles. The number of amides is 1. The van der Waals surface area contributed by atoms with Crippen LogP contribution in [0.4, 0.5) is 0 Å². The standard InChI is InChI=1S/C21H22N4O2/c1-22-21(27)15-7-5-14(6-8-15)16-10-20(26)25(2)12-18(16)17-11-23-24-19(17)9-13-3-4-13/h5-8,10-13H,3-4,9H2,1-2H3,(H,22,27)(H,23,24). The normalized spacial score (nSPS) is 13.6. The number of nitrogens with one attached hydrogen (secondary N) is 2. The first-order valence-electron chi connectivity index (χ1n) is 9.13. The van der Waals surface area contributed by atoms with Gasteiger partial charge in [0.2, 0.25) is 0 Å². The summed E-state index contributed by atoms with van der Waals surface area (Å²) < 4.78 is 1.59. The van der Waals surface area contributed by atoms with Crippen molar-refractivity contribution in [2.24, 2.45) is 13.0 Å². The molecule has 0 unspecified atom stereocenters. The second-order valence-electron chi connectivity index (χ2n) is 7.10. The van der Waals surface area contributed by atoms with Crippen LogP contribution in [0.3, 0.4) is 0 Å². The molecule has 3 aromatic rings. The molecule has 1 saturated carbocycles. The molecular weight excluding hydrogens is 340 g/mol. The average molecular weight is 362 g/mol. The minimum Gasteiger partial charge on any atom is -0.355 e. The number of carbonyl (C=O) groups excluding carboxylic acids is 1. The van der Waals surface area contributed by atoms with E-state index in [2.05, 4.69) is 15.5 Å². The highest BCUT2D eigenvalue weighted by atomic mass is 16.1. The maximum Gasteiger partial charge on any atom is 0.251 e. The Labute approximate surface area is 157 Å². The predicted octanol–water partition coefficient (Wildman–Crippen LogP) is 2.75. The highest BCUT2D eigenvalue weighted by Gasteiger charge is 2.25. The van der Waals surface area contributed by atoms with Crippen LogP contribution in [0.15, 0.2) is 47.5 Å². The lowest BCUT2D eigenvalue weighted by molar-refractivity contribution is 0.0963. The third kappa shape index (κ3) is 3.43. The van der Waals surface area contributed by atoms with Crippen molar-refractivity contribution in [3.05, 3.63) is 64.3 Å². The summed E-state index contributed by atoms with van der Waals surface area (Å²) in [4.78, 5) is 24.1. The van der Waals surface area contributed by atoms with E-state index in [9.17, 15) is 9.59 Å². The summed E-state index contributed by atoms with van der Waals surface area (Å²) in [5.74, 6) is 0.585. The second-order valence-corrected chi connectivity index (χ2v) is 7.10. The lowest BCUT2D eigenvalue weighted by atomic mass is 9.95. The van der Waals surface area contributed by atoms with Gasteiger partial charge in [0.15, 0.2) is 0 Å². The van der Waals surface area contributed by atoms with Gasteiger partial charge in [-0.05, 0) is 48.4 Å². The quantitative estimate of drug-likeness (QED) is 0.732. The van der Waals surface area contributed by atoms with E-state index >= 15 is 0 Å². The molecule has 0 bridgehead atoms. The van der Waals surface area contributed by atoms with Crippen LogP contribution < -0.4 is 10.9 Å². The molecule has 1 aliphatic rings. The van der Waals surface area contributed by atoms with Crippen LogP contribution in [0, 0.1) is 5.92 Å². The molecule has 4 rings (SSSR count). The van der Waals surface area contributed by atoms with Gasteiger partial charge >= 0.3 is 0 Å². The zero-order chi connectivity index (χ0) is 19.0. The first-order chi connectivity index (χ1) is 13.1. The molecule has 1 amide bonds. The highest BCUT2D eigenvalue weighted by molar-refractivity contribution is 5.95. The Balaban J connectivity index is 1.81. The van der Waals surface area contributed by atoms with E-state index in [1.54, 1.807) is 36.9 Å². The van der Waals surface area contributed by atoms with Crippen LogP contribution in [0.2, 0.25) is 0 Å². The molecule has 1 fully saturated rings. The van der Waals surface area contributed by atoms with Gasteiger partial charge in [-0.1, -0.05) is 12.1 Å². The lowest BCUT2D eigenvalue weighted by Crippen LogP contribution is -2.17. The van der Waals surface area contributed by atoms with Crippen molar-refractivity contribution < 1.29 is 4.79 Å². The van der Waals surface area contributed by atoms with Gasteiger partial charge in [-0.15, -0.1) is 0 Å². The molecule has 2 aromatic heterocycles. The molecule has 138 valence electrons. The van der Waals surface area contributed by atoms with E-state index in [0.717, 1.165) is 40.3 Å². The molecule has 1 aliphatic carbocycles. The smallest absolute Gasteiger partial charge is 0.251 e. The van der Waals surface area contributed by atoms with E-state index in [4.69, 9.17) is 0 Å². The van der Waals surface area contributed by atoms with Gasteiger partial charge in [0.25, 0.3) is 11.5 Å². The van der Waals surface area contributed by atoms with Gasteiger partial charge in [-0.3, -0.25) is 14.7 Å². The molecule has 0 spiro atoms. The van der Waals surface area contributed by atoms with E-state index < -0.39 is 0 Å². The fourth-order valence-electron chi connectivity index (χ4n) is 3.33. The van der Waals surface area contributed by atoms with Crippen molar-refractivity contribution in [2.45, 2.75) is 19.3 Å². The van der Waals surface area contributed by atoms with Gasteiger partial charge in [0, 0.05) is 49.2 Å². The molecule has 6 heteroatoms. The van der Waals surface area contributed by atoms with E-state index in [-0.39, 0.29) is 11.5 Å². The van der Waals surface area contributed by atoms with Crippen LogP contribution in [-0.4, -0.2) is 27.7 Å². The van der Waals surface area contributed by atoms with E-state index in [1.165, 1.54) is 12.8 Å². The molecule has 6 nitrogen and oxygen atoms in total.